The van der Waals surface area contributed by atoms with Gasteiger partial charge >= 0.3 is 6.03 Å². The highest BCUT2D eigenvalue weighted by Crippen LogP contribution is 2.39. The van der Waals surface area contributed by atoms with Crippen LogP contribution in [-0.2, 0) is 14.8 Å². The maximum absolute atomic E-state index is 11.6. The lowest BCUT2D eigenvalue weighted by atomic mass is 10.1. The molecule has 2 unspecified atom stereocenters. The van der Waals surface area contributed by atoms with Crippen LogP contribution in [0.5, 0.6) is 0 Å². The van der Waals surface area contributed by atoms with Crippen molar-refractivity contribution >= 4 is 43.4 Å². The Morgan fingerprint density at radius 2 is 2.09 bits per heavy atom. The summed E-state index contributed by atoms with van der Waals surface area (Å²) in [4.78, 5) is 23.1. The number of carbonyl (C=O) groups excluding carboxylic acids is 2. The molecule has 10 heteroatoms. The van der Waals surface area contributed by atoms with Gasteiger partial charge in [-0.05, 0) is 26.2 Å². The van der Waals surface area contributed by atoms with E-state index in [-0.39, 0.29) is 0 Å². The minimum atomic E-state index is -3.86. The first kappa shape index (κ1) is 19.6. The molecule has 0 aromatic heterocycles. The van der Waals surface area contributed by atoms with Crippen molar-refractivity contribution in [3.8, 4) is 0 Å². The molecule has 1 heterocycles. The summed E-state index contributed by atoms with van der Waals surface area (Å²) < 4.78 is 21.6. The van der Waals surface area contributed by atoms with Gasteiger partial charge in [-0.2, -0.15) is 0 Å². The molecule has 1 saturated heterocycles. The van der Waals surface area contributed by atoms with Crippen LogP contribution in [0.2, 0.25) is 0 Å². The number of ketones is 1. The van der Waals surface area contributed by atoms with Crippen LogP contribution in [0, 0.1) is 0 Å². The van der Waals surface area contributed by atoms with E-state index in [1.54, 1.807) is 0 Å². The molecule has 0 spiro atoms. The third-order valence-electron chi connectivity index (χ3n) is 3.14. The number of nitrogens with one attached hydrogen (secondary N) is 2. The van der Waals surface area contributed by atoms with Crippen LogP contribution in [0.25, 0.3) is 0 Å². The molecule has 0 radical (unpaired) electrons. The van der Waals surface area contributed by atoms with E-state index in [0.29, 0.717) is 6.54 Å². The van der Waals surface area contributed by atoms with Crippen LogP contribution in [0.1, 0.15) is 32.6 Å². The maximum atomic E-state index is 11.6. The number of urea groups is 1. The normalized spacial score (nSPS) is 19.6. The van der Waals surface area contributed by atoms with Crippen LogP contribution in [0.4, 0.5) is 4.79 Å². The molecule has 0 aromatic rings. The molecule has 7 nitrogen and oxygen atoms in total. The summed E-state index contributed by atoms with van der Waals surface area (Å²) in [6.07, 6.45) is 4.35. The van der Waals surface area contributed by atoms with Gasteiger partial charge in [0.05, 0.1) is 6.04 Å². The summed E-state index contributed by atoms with van der Waals surface area (Å²) in [5, 5.41) is 10.6. The lowest BCUT2D eigenvalue weighted by molar-refractivity contribution is -0.118. The number of hydrogen-bond donors (Lipinski definition) is 3. The third kappa shape index (κ3) is 8.86. The number of hydrogen-bond acceptors (Lipinski definition) is 6. The van der Waals surface area contributed by atoms with Crippen molar-refractivity contribution in [1.29, 1.82) is 0 Å². The molecule has 128 valence electrons. The van der Waals surface area contributed by atoms with E-state index in [2.05, 4.69) is 10.6 Å². The Morgan fingerprint density at radius 1 is 1.36 bits per heavy atom. The summed E-state index contributed by atoms with van der Waals surface area (Å²) >= 11 is 0. The van der Waals surface area contributed by atoms with Crippen LogP contribution in [0.3, 0.4) is 0 Å². The number of carbonyl (C=O) groups is 2. The quantitative estimate of drug-likeness (QED) is 0.410. The Morgan fingerprint density at radius 3 is 2.68 bits per heavy atom. The average Bonchev–Trinajstić information content (AvgIpc) is 2.89. The summed E-state index contributed by atoms with van der Waals surface area (Å²) in [6.45, 7) is 1.97. The van der Waals surface area contributed by atoms with E-state index in [1.807, 2.05) is 21.6 Å². The second kappa shape index (κ2) is 9.64. The molecule has 1 fully saturated rings. The standard InChI is InChI=1S/C12H23N3O4S3/c1-9(11(16)8-22(13,18)19)15-12(17)14-6-3-2-4-10-5-7-20-21-10/h9-10H,2-8H2,1H3,(H2,13,18,19)(H2,14,15,17). The largest absolute Gasteiger partial charge is 0.338 e. The van der Waals surface area contributed by atoms with Crippen molar-refractivity contribution in [1.82, 2.24) is 10.6 Å². The molecule has 4 N–H and O–H groups in total. The van der Waals surface area contributed by atoms with E-state index >= 15 is 0 Å². The van der Waals surface area contributed by atoms with Gasteiger partial charge < -0.3 is 10.6 Å². The minimum absolute atomic E-state index is 0.471. The summed E-state index contributed by atoms with van der Waals surface area (Å²) in [7, 11) is -0.00122. The van der Waals surface area contributed by atoms with Gasteiger partial charge in [-0.3, -0.25) is 4.79 Å². The molecule has 0 aliphatic carbocycles. The highest BCUT2D eigenvalue weighted by molar-refractivity contribution is 8.77. The lowest BCUT2D eigenvalue weighted by Gasteiger charge is -2.13. The Hall–Kier alpha value is -0.450. The number of amides is 2. The molecular formula is C12H23N3O4S3. The van der Waals surface area contributed by atoms with E-state index in [0.717, 1.165) is 24.5 Å². The van der Waals surface area contributed by atoms with Crippen molar-refractivity contribution in [2.45, 2.75) is 43.9 Å². The smallest absolute Gasteiger partial charge is 0.315 e. The molecule has 0 aromatic carbocycles. The number of Topliss-reactive ketones (excluding diaryl/α,β-unsaturated/α-hetero) is 1. The van der Waals surface area contributed by atoms with E-state index in [4.69, 9.17) is 5.14 Å². The fourth-order valence-corrected chi connectivity index (χ4v) is 5.59. The Bertz CT molecular complexity index is 478. The van der Waals surface area contributed by atoms with Crippen LogP contribution in [-0.4, -0.2) is 49.6 Å². The molecule has 1 aliphatic rings. The van der Waals surface area contributed by atoms with Crippen molar-refractivity contribution in [2.24, 2.45) is 5.14 Å². The molecule has 0 saturated carbocycles. The number of rotatable bonds is 9. The van der Waals surface area contributed by atoms with E-state index in [1.165, 1.54) is 19.1 Å². The zero-order chi connectivity index (χ0) is 16.6. The zero-order valence-corrected chi connectivity index (χ0v) is 15.0. The predicted molar refractivity (Wildman–Crippen MR) is 91.3 cm³/mol. The van der Waals surface area contributed by atoms with Crippen LogP contribution in [0.15, 0.2) is 0 Å². The Kier molecular flexibility index (Phi) is 8.58. The molecule has 2 atom stereocenters. The summed E-state index contributed by atoms with van der Waals surface area (Å²) in [5.74, 6) is -0.181. The second-order valence-electron chi connectivity index (χ2n) is 5.22. The lowest BCUT2D eigenvalue weighted by Crippen LogP contribution is -2.46. The first-order chi connectivity index (χ1) is 10.3. The number of nitrogens with two attached hydrogens (primary N) is 1. The number of primary sulfonamides is 1. The molecule has 1 aliphatic heterocycles. The second-order valence-corrected chi connectivity index (χ2v) is 9.62. The topological polar surface area (TPSA) is 118 Å². The fraction of sp³-hybridized carbons (Fsp3) is 0.833. The molecule has 0 bridgehead atoms. The summed E-state index contributed by atoms with van der Waals surface area (Å²) in [5.41, 5.74) is 0. The Balaban J connectivity index is 2.10. The number of unbranched alkanes of at least 4 members (excludes halogenated alkanes) is 1. The van der Waals surface area contributed by atoms with Gasteiger partial charge in [0.15, 0.2) is 5.78 Å². The van der Waals surface area contributed by atoms with Gasteiger partial charge in [-0.15, -0.1) is 0 Å². The van der Waals surface area contributed by atoms with E-state index < -0.39 is 33.6 Å². The first-order valence-corrected chi connectivity index (χ1v) is 11.2. The highest BCUT2D eigenvalue weighted by atomic mass is 33.1. The van der Waals surface area contributed by atoms with Crippen LogP contribution < -0.4 is 15.8 Å². The zero-order valence-electron chi connectivity index (χ0n) is 12.5. The van der Waals surface area contributed by atoms with Gasteiger partial charge in [0.2, 0.25) is 10.0 Å². The minimum Gasteiger partial charge on any atom is -0.338 e. The van der Waals surface area contributed by atoms with E-state index in [9.17, 15) is 18.0 Å². The average molecular weight is 370 g/mol. The van der Waals surface area contributed by atoms with Gasteiger partial charge in [0.25, 0.3) is 0 Å². The van der Waals surface area contributed by atoms with Gasteiger partial charge in [0, 0.05) is 17.5 Å². The van der Waals surface area contributed by atoms with Gasteiger partial charge in [-0.25, -0.2) is 18.4 Å². The summed E-state index contributed by atoms with van der Waals surface area (Å²) in [6, 6.07) is -1.36. The maximum Gasteiger partial charge on any atom is 0.315 e. The van der Waals surface area contributed by atoms with Crippen molar-refractivity contribution in [2.75, 3.05) is 18.1 Å². The van der Waals surface area contributed by atoms with Crippen molar-refractivity contribution in [3.05, 3.63) is 0 Å². The predicted octanol–water partition coefficient (Wildman–Crippen LogP) is 0.856. The van der Waals surface area contributed by atoms with Crippen molar-refractivity contribution in [3.63, 3.8) is 0 Å². The van der Waals surface area contributed by atoms with Crippen LogP contribution >= 0.6 is 21.6 Å². The Labute approximate surface area is 139 Å². The highest BCUT2D eigenvalue weighted by Gasteiger charge is 2.20. The molecule has 2 amide bonds. The fourth-order valence-electron chi connectivity index (χ4n) is 1.91. The first-order valence-electron chi connectivity index (χ1n) is 7.14. The molecular weight excluding hydrogens is 346 g/mol. The third-order valence-corrected chi connectivity index (χ3v) is 6.83. The monoisotopic (exact) mass is 369 g/mol. The number of sulfonamides is 1. The molecule has 1 rings (SSSR count). The van der Waals surface area contributed by atoms with Crippen molar-refractivity contribution < 1.29 is 18.0 Å². The van der Waals surface area contributed by atoms with Gasteiger partial charge in [-0.1, -0.05) is 28.0 Å². The van der Waals surface area contributed by atoms with Gasteiger partial charge in [0.1, 0.15) is 5.75 Å². The SMILES string of the molecule is CC(NC(=O)NCCCCC1CCSS1)C(=O)CS(N)(=O)=O. The molecule has 22 heavy (non-hydrogen) atoms.